The van der Waals surface area contributed by atoms with Crippen LogP contribution in [0.3, 0.4) is 0 Å². The lowest BCUT2D eigenvalue weighted by Crippen LogP contribution is -2.32. The number of hydrogen-bond acceptors (Lipinski definition) is 8. The normalized spacial score (nSPS) is 11.5. The smallest absolute Gasteiger partial charge is 0.407 e. The number of carbonyl (C=O) groups excluding carboxylic acids is 2. The molecule has 0 atom stereocenters. The van der Waals surface area contributed by atoms with Crippen molar-refractivity contribution >= 4 is 46.1 Å². The van der Waals surface area contributed by atoms with Crippen molar-refractivity contribution in [3.05, 3.63) is 47.3 Å². The summed E-state index contributed by atoms with van der Waals surface area (Å²) in [4.78, 5) is 45.8. The first-order chi connectivity index (χ1) is 17.3. The molecule has 0 radical (unpaired) electrons. The van der Waals surface area contributed by atoms with Gasteiger partial charge < -0.3 is 30.1 Å². The Kier molecular flexibility index (Phi) is 8.53. The number of nitrogens with zero attached hydrogens (tertiary/aromatic N) is 4. The van der Waals surface area contributed by atoms with Gasteiger partial charge in [0.1, 0.15) is 22.2 Å². The van der Waals surface area contributed by atoms with Crippen molar-refractivity contribution in [3.8, 4) is 0 Å². The van der Waals surface area contributed by atoms with Crippen LogP contribution in [0.1, 0.15) is 52.9 Å². The van der Waals surface area contributed by atoms with Gasteiger partial charge in [-0.05, 0) is 47.6 Å². The molecule has 13 heteroatoms. The van der Waals surface area contributed by atoms with E-state index in [2.05, 4.69) is 40.5 Å². The van der Waals surface area contributed by atoms with E-state index in [0.29, 0.717) is 34.1 Å². The fourth-order valence-electron chi connectivity index (χ4n) is 2.89. The highest BCUT2D eigenvalue weighted by molar-refractivity contribution is 6.34. The molecule has 4 heterocycles. The van der Waals surface area contributed by atoms with Gasteiger partial charge in [0.25, 0.3) is 0 Å². The monoisotopic (exact) mass is 530 g/mol. The van der Waals surface area contributed by atoms with Crippen molar-refractivity contribution in [2.45, 2.75) is 65.8 Å². The van der Waals surface area contributed by atoms with E-state index >= 15 is 0 Å². The predicted molar refractivity (Wildman–Crippen MR) is 139 cm³/mol. The zero-order chi connectivity index (χ0) is 27.2. The topological polar surface area (TPSA) is 160 Å². The summed E-state index contributed by atoms with van der Waals surface area (Å²) in [6.45, 7) is 11.4. The predicted octanol–water partition coefficient (Wildman–Crippen LogP) is 4.62. The maximum Gasteiger partial charge on any atom is 0.407 e. The molecule has 12 nitrogen and oxygen atoms in total. The number of nitrogens with one attached hydrogen (secondary N) is 4. The molecule has 0 spiro atoms. The van der Waals surface area contributed by atoms with E-state index in [9.17, 15) is 9.59 Å². The summed E-state index contributed by atoms with van der Waals surface area (Å²) in [5.74, 6) is 0. The number of carbonyl (C=O) groups is 2. The van der Waals surface area contributed by atoms with Gasteiger partial charge >= 0.3 is 12.2 Å². The quantitative estimate of drug-likeness (QED) is 0.297. The maximum atomic E-state index is 11.5. The van der Waals surface area contributed by atoms with Crippen molar-refractivity contribution in [1.29, 1.82) is 0 Å². The summed E-state index contributed by atoms with van der Waals surface area (Å²) < 4.78 is 10.3. The van der Waals surface area contributed by atoms with Crippen LogP contribution in [0, 0.1) is 0 Å². The molecule has 0 fully saturated rings. The molecular weight excluding hydrogens is 500 g/mol. The molecule has 0 aromatic carbocycles. The second-order valence-electron chi connectivity index (χ2n) is 9.98. The van der Waals surface area contributed by atoms with Crippen LogP contribution in [0.5, 0.6) is 0 Å². The fourth-order valence-corrected chi connectivity index (χ4v) is 3.08. The molecule has 37 heavy (non-hydrogen) atoms. The van der Waals surface area contributed by atoms with Crippen LogP contribution < -0.4 is 10.6 Å². The molecule has 0 aliphatic rings. The van der Waals surface area contributed by atoms with Crippen LogP contribution in [0.2, 0.25) is 5.02 Å². The van der Waals surface area contributed by atoms with E-state index in [1.54, 1.807) is 45.6 Å². The summed E-state index contributed by atoms with van der Waals surface area (Å²) >= 11 is 5.95. The van der Waals surface area contributed by atoms with Crippen molar-refractivity contribution < 1.29 is 19.1 Å². The molecule has 2 amide bonds. The van der Waals surface area contributed by atoms with E-state index in [-0.39, 0.29) is 6.54 Å². The van der Waals surface area contributed by atoms with Crippen LogP contribution in [-0.2, 0) is 22.6 Å². The lowest BCUT2D eigenvalue weighted by molar-refractivity contribution is 0.0511. The molecule has 0 saturated heterocycles. The van der Waals surface area contributed by atoms with E-state index in [0.717, 1.165) is 11.2 Å². The maximum absolute atomic E-state index is 11.5. The van der Waals surface area contributed by atoms with Gasteiger partial charge in [-0.3, -0.25) is 0 Å². The Morgan fingerprint density at radius 3 is 1.97 bits per heavy atom. The molecule has 4 rings (SSSR count). The third kappa shape index (κ3) is 8.90. The van der Waals surface area contributed by atoms with E-state index in [1.165, 1.54) is 0 Å². The summed E-state index contributed by atoms with van der Waals surface area (Å²) in [5.41, 5.74) is 2.99. The third-order valence-corrected chi connectivity index (χ3v) is 4.61. The summed E-state index contributed by atoms with van der Waals surface area (Å²) in [6.07, 6.45) is 5.64. The van der Waals surface area contributed by atoms with Crippen LogP contribution in [0.4, 0.5) is 9.59 Å². The molecule has 4 N–H and O–H groups in total. The highest BCUT2D eigenvalue weighted by Gasteiger charge is 2.17. The zero-order valence-electron chi connectivity index (χ0n) is 21.6. The molecule has 0 aliphatic carbocycles. The van der Waals surface area contributed by atoms with Crippen LogP contribution >= 0.6 is 11.6 Å². The van der Waals surface area contributed by atoms with Crippen molar-refractivity contribution in [2.75, 3.05) is 0 Å². The summed E-state index contributed by atoms with van der Waals surface area (Å²) in [5, 5.41) is 5.75. The van der Waals surface area contributed by atoms with Crippen molar-refractivity contribution in [3.63, 3.8) is 0 Å². The van der Waals surface area contributed by atoms with Gasteiger partial charge in [-0.15, -0.1) is 0 Å². The minimum atomic E-state index is -0.524. The number of ether oxygens (including phenoxy) is 2. The van der Waals surface area contributed by atoms with Gasteiger partial charge in [-0.25, -0.2) is 29.5 Å². The highest BCUT2D eigenvalue weighted by Crippen LogP contribution is 2.19. The number of halogens is 1. The molecule has 198 valence electrons. The van der Waals surface area contributed by atoms with E-state index in [4.69, 9.17) is 21.1 Å². The Balaban J connectivity index is 0.000000206. The Hall–Kier alpha value is -3.93. The van der Waals surface area contributed by atoms with Gasteiger partial charge in [0, 0.05) is 12.4 Å². The second kappa shape index (κ2) is 11.4. The summed E-state index contributed by atoms with van der Waals surface area (Å²) in [7, 11) is 0. The first-order valence-corrected chi connectivity index (χ1v) is 11.9. The molecule has 4 aromatic heterocycles. The average Bonchev–Trinajstić information content (AvgIpc) is 3.40. The Morgan fingerprint density at radius 1 is 0.865 bits per heavy atom. The van der Waals surface area contributed by atoms with Gasteiger partial charge in [0.05, 0.1) is 41.9 Å². The second-order valence-corrected chi connectivity index (χ2v) is 10.4. The average molecular weight is 531 g/mol. The van der Waals surface area contributed by atoms with Gasteiger partial charge in [0.15, 0.2) is 11.3 Å². The fraction of sp³-hybridized carbons (Fsp3) is 0.417. The largest absolute Gasteiger partial charge is 0.444 e. The molecule has 0 bridgehead atoms. The lowest BCUT2D eigenvalue weighted by Gasteiger charge is -2.19. The SMILES string of the molecule is CC(C)(C)OC(=O)NCc1cnc2[nH]cc(Cl)c2n1.CC(C)(C)OC(=O)NCc1cnc2[nH]ccc2n1. The number of alkyl carbamates (subject to hydrolysis) is 2. The minimum absolute atomic E-state index is 0.235. The van der Waals surface area contributed by atoms with Crippen LogP contribution in [0.15, 0.2) is 30.9 Å². The molecular formula is C24H31ClN8O4. The third-order valence-electron chi connectivity index (χ3n) is 4.32. The number of hydrogen-bond donors (Lipinski definition) is 4. The Morgan fingerprint density at radius 2 is 1.41 bits per heavy atom. The first kappa shape index (κ1) is 27.7. The number of amides is 2. The van der Waals surface area contributed by atoms with Gasteiger partial charge in [-0.1, -0.05) is 11.6 Å². The number of rotatable bonds is 4. The lowest BCUT2D eigenvalue weighted by atomic mass is 10.2. The van der Waals surface area contributed by atoms with Crippen LogP contribution in [-0.4, -0.2) is 53.3 Å². The minimum Gasteiger partial charge on any atom is -0.444 e. The Labute approximate surface area is 218 Å². The number of fused-ring (bicyclic) bond motifs is 2. The van der Waals surface area contributed by atoms with Gasteiger partial charge in [0.2, 0.25) is 0 Å². The van der Waals surface area contributed by atoms with Gasteiger partial charge in [-0.2, -0.15) is 0 Å². The Bertz CT molecular complexity index is 1370. The summed E-state index contributed by atoms with van der Waals surface area (Å²) in [6, 6.07) is 1.83. The number of aromatic amines is 2. The van der Waals surface area contributed by atoms with E-state index < -0.39 is 23.4 Å². The molecule has 0 unspecified atom stereocenters. The molecule has 0 aliphatic heterocycles. The van der Waals surface area contributed by atoms with E-state index in [1.807, 2.05) is 26.8 Å². The standard InChI is InChI=1S/C12H15ClN4O2.C12H16N4O2/c1-12(2,3)19-11(18)16-5-7-4-14-10-9(17-7)8(13)6-15-10;1-12(2,3)18-11(17)15-7-8-6-14-10-9(16-8)4-5-13-10/h4,6H,5H2,1-3H3,(H,14,15)(H,16,18);4-6H,7H2,1-3H3,(H,13,14)(H,15,17). The molecule has 4 aromatic rings. The molecule has 0 saturated carbocycles. The van der Waals surface area contributed by atoms with Crippen molar-refractivity contribution in [1.82, 2.24) is 40.5 Å². The number of H-pyrrole nitrogens is 2. The number of aromatic nitrogens is 6. The highest BCUT2D eigenvalue weighted by atomic mass is 35.5. The van der Waals surface area contributed by atoms with Crippen molar-refractivity contribution in [2.24, 2.45) is 0 Å². The van der Waals surface area contributed by atoms with Crippen LogP contribution in [0.25, 0.3) is 22.3 Å². The zero-order valence-corrected chi connectivity index (χ0v) is 22.4. The first-order valence-electron chi connectivity index (χ1n) is 11.5.